The number of oxazole rings is 1. The number of anilines is 1. The van der Waals surface area contributed by atoms with Crippen molar-refractivity contribution < 1.29 is 9.21 Å². The Kier molecular flexibility index (Phi) is 7.71. The number of carbonyl (C=O) groups is 1. The van der Waals surface area contributed by atoms with Crippen LogP contribution in [0.5, 0.6) is 0 Å². The van der Waals surface area contributed by atoms with Crippen molar-refractivity contribution in [3.05, 3.63) is 41.7 Å². The van der Waals surface area contributed by atoms with Crippen LogP contribution in [0.2, 0.25) is 0 Å². The molecule has 9 heteroatoms. The Morgan fingerprint density at radius 3 is 2.66 bits per heavy atom. The predicted octanol–water partition coefficient (Wildman–Crippen LogP) is 2.32. The summed E-state index contributed by atoms with van der Waals surface area (Å²) in [6.45, 7) is 11.5. The fourth-order valence-corrected chi connectivity index (χ4v) is 3.62. The number of nitrogens with two attached hydrogens (primary N) is 1. The Hall–Kier alpha value is -3.10. The van der Waals surface area contributed by atoms with Gasteiger partial charge in [-0.15, -0.1) is 0 Å². The number of pyridine rings is 1. The van der Waals surface area contributed by atoms with Gasteiger partial charge in [-0.1, -0.05) is 26.8 Å². The first kappa shape index (κ1) is 23.6. The molecule has 32 heavy (non-hydrogen) atoms. The molecule has 2 aromatic heterocycles. The average Bonchev–Trinajstić information content (AvgIpc) is 3.26. The van der Waals surface area contributed by atoms with Gasteiger partial charge in [-0.25, -0.2) is 15.0 Å². The standard InChI is InChI=1S/C23H35N7O2/c1-5-25-22(29-15-19-27-14-18(32-19)23(2,3)4)28-13-17-7-6-10-26-21(17)30-11-8-16(9-12-30)20(24)31/h6-7,10,14,16H,5,8-9,11-13,15H2,1-4H3,(H2,24,31)(H2,25,28,29). The number of carbonyl (C=O) groups excluding carboxylic acids is 1. The van der Waals surface area contributed by atoms with Gasteiger partial charge < -0.3 is 25.7 Å². The minimum Gasteiger partial charge on any atom is -0.443 e. The number of amides is 1. The van der Waals surface area contributed by atoms with E-state index in [2.05, 4.69) is 46.3 Å². The molecule has 3 rings (SSSR count). The zero-order valence-corrected chi connectivity index (χ0v) is 19.5. The first-order valence-corrected chi connectivity index (χ1v) is 11.2. The Morgan fingerprint density at radius 2 is 2.03 bits per heavy atom. The number of piperidine rings is 1. The number of nitrogens with one attached hydrogen (secondary N) is 2. The first-order chi connectivity index (χ1) is 15.3. The molecule has 4 N–H and O–H groups in total. The normalized spacial score (nSPS) is 15.6. The van der Waals surface area contributed by atoms with E-state index in [4.69, 9.17) is 15.1 Å². The second-order valence-corrected chi connectivity index (χ2v) is 9.07. The fraction of sp³-hybridized carbons (Fsp3) is 0.565. The number of hydrogen-bond donors (Lipinski definition) is 3. The Bertz CT molecular complexity index is 924. The lowest BCUT2D eigenvalue weighted by Crippen LogP contribution is -2.39. The number of rotatable bonds is 7. The molecular formula is C23H35N7O2. The van der Waals surface area contributed by atoms with Crippen LogP contribution in [0.3, 0.4) is 0 Å². The summed E-state index contributed by atoms with van der Waals surface area (Å²) in [7, 11) is 0. The molecule has 1 aliphatic rings. The average molecular weight is 442 g/mol. The highest BCUT2D eigenvalue weighted by Gasteiger charge is 2.25. The maximum Gasteiger partial charge on any atom is 0.220 e. The number of hydrogen-bond acceptors (Lipinski definition) is 6. The van der Waals surface area contributed by atoms with Crippen molar-refractivity contribution in [1.82, 2.24) is 20.6 Å². The summed E-state index contributed by atoms with van der Waals surface area (Å²) >= 11 is 0. The third-order valence-electron chi connectivity index (χ3n) is 5.52. The first-order valence-electron chi connectivity index (χ1n) is 11.2. The number of aliphatic imine (C=N–C) groups is 1. The van der Waals surface area contributed by atoms with E-state index >= 15 is 0 Å². The second kappa shape index (κ2) is 10.5. The summed E-state index contributed by atoms with van der Waals surface area (Å²) in [4.78, 5) is 27.4. The lowest BCUT2D eigenvalue weighted by Gasteiger charge is -2.32. The number of aromatic nitrogens is 2. The van der Waals surface area contributed by atoms with Crippen LogP contribution in [0.25, 0.3) is 0 Å². The van der Waals surface area contributed by atoms with Gasteiger partial charge in [0.05, 0.1) is 19.3 Å². The third kappa shape index (κ3) is 6.21. The molecular weight excluding hydrogens is 406 g/mol. The summed E-state index contributed by atoms with van der Waals surface area (Å²) in [5, 5.41) is 6.55. The van der Waals surface area contributed by atoms with Crippen molar-refractivity contribution >= 4 is 17.7 Å². The highest BCUT2D eigenvalue weighted by atomic mass is 16.4. The maximum absolute atomic E-state index is 11.5. The molecule has 3 heterocycles. The van der Waals surface area contributed by atoms with Gasteiger partial charge in [0.1, 0.15) is 11.6 Å². The molecule has 2 aromatic rings. The van der Waals surface area contributed by atoms with Gasteiger partial charge in [0, 0.05) is 42.7 Å². The molecule has 0 spiro atoms. The molecule has 0 atom stereocenters. The maximum atomic E-state index is 11.5. The van der Waals surface area contributed by atoms with Crippen LogP contribution in [0.4, 0.5) is 5.82 Å². The van der Waals surface area contributed by atoms with Crippen LogP contribution >= 0.6 is 0 Å². The lowest BCUT2D eigenvalue weighted by atomic mass is 9.94. The van der Waals surface area contributed by atoms with Crippen molar-refractivity contribution in [3.63, 3.8) is 0 Å². The molecule has 0 unspecified atom stereocenters. The van der Waals surface area contributed by atoms with E-state index in [1.807, 2.05) is 19.1 Å². The van der Waals surface area contributed by atoms with Gasteiger partial charge in [0.25, 0.3) is 0 Å². The summed E-state index contributed by atoms with van der Waals surface area (Å²) in [6, 6.07) is 3.96. The van der Waals surface area contributed by atoms with Crippen LogP contribution in [0, 0.1) is 5.92 Å². The molecule has 0 radical (unpaired) electrons. The fourth-order valence-electron chi connectivity index (χ4n) is 3.62. The van der Waals surface area contributed by atoms with E-state index in [-0.39, 0.29) is 17.2 Å². The third-order valence-corrected chi connectivity index (χ3v) is 5.52. The molecule has 1 amide bonds. The molecule has 1 saturated heterocycles. The van der Waals surface area contributed by atoms with Gasteiger partial charge in [-0.05, 0) is 25.8 Å². The van der Waals surface area contributed by atoms with Crippen molar-refractivity contribution in [2.45, 2.75) is 59.0 Å². The zero-order chi connectivity index (χ0) is 23.1. The van der Waals surface area contributed by atoms with E-state index in [0.717, 1.165) is 49.6 Å². The number of nitrogens with zero attached hydrogens (tertiary/aromatic N) is 4. The van der Waals surface area contributed by atoms with Crippen LogP contribution in [0.1, 0.15) is 57.8 Å². The van der Waals surface area contributed by atoms with Gasteiger partial charge >= 0.3 is 0 Å². The van der Waals surface area contributed by atoms with Crippen molar-refractivity contribution in [1.29, 1.82) is 0 Å². The minimum atomic E-state index is -0.211. The Morgan fingerprint density at radius 1 is 1.28 bits per heavy atom. The van der Waals surface area contributed by atoms with Crippen LogP contribution in [0.15, 0.2) is 33.9 Å². The topological polar surface area (TPSA) is 122 Å². The van der Waals surface area contributed by atoms with E-state index in [1.165, 1.54) is 0 Å². The van der Waals surface area contributed by atoms with Gasteiger partial charge in [-0.2, -0.15) is 0 Å². The monoisotopic (exact) mass is 441 g/mol. The van der Waals surface area contributed by atoms with Gasteiger partial charge in [-0.3, -0.25) is 4.79 Å². The highest BCUT2D eigenvalue weighted by Crippen LogP contribution is 2.25. The van der Waals surface area contributed by atoms with Crippen LogP contribution < -0.4 is 21.3 Å². The Labute approximate surface area is 189 Å². The quantitative estimate of drug-likeness (QED) is 0.445. The molecule has 0 aromatic carbocycles. The van der Waals surface area contributed by atoms with E-state index < -0.39 is 0 Å². The summed E-state index contributed by atoms with van der Waals surface area (Å²) in [6.07, 6.45) is 5.09. The summed E-state index contributed by atoms with van der Waals surface area (Å²) < 4.78 is 5.86. The predicted molar refractivity (Wildman–Crippen MR) is 125 cm³/mol. The smallest absolute Gasteiger partial charge is 0.220 e. The molecule has 1 fully saturated rings. The lowest BCUT2D eigenvalue weighted by molar-refractivity contribution is -0.122. The van der Waals surface area contributed by atoms with E-state index in [1.54, 1.807) is 12.4 Å². The Balaban J connectivity index is 1.65. The molecule has 174 valence electrons. The largest absolute Gasteiger partial charge is 0.443 e. The molecule has 1 aliphatic heterocycles. The van der Waals surface area contributed by atoms with Crippen LogP contribution in [-0.2, 0) is 23.3 Å². The van der Waals surface area contributed by atoms with Crippen molar-refractivity contribution in [2.24, 2.45) is 16.6 Å². The van der Waals surface area contributed by atoms with Gasteiger partial charge in [0.2, 0.25) is 11.8 Å². The van der Waals surface area contributed by atoms with Crippen LogP contribution in [-0.4, -0.2) is 41.5 Å². The highest BCUT2D eigenvalue weighted by molar-refractivity contribution is 5.79. The van der Waals surface area contributed by atoms with E-state index in [0.29, 0.717) is 24.9 Å². The van der Waals surface area contributed by atoms with E-state index in [9.17, 15) is 4.79 Å². The van der Waals surface area contributed by atoms with Gasteiger partial charge in [0.15, 0.2) is 5.96 Å². The molecule has 0 saturated carbocycles. The number of guanidine groups is 1. The minimum absolute atomic E-state index is 0.0463. The number of primary amides is 1. The summed E-state index contributed by atoms with van der Waals surface area (Å²) in [5.74, 6) is 2.83. The second-order valence-electron chi connectivity index (χ2n) is 9.07. The van der Waals surface area contributed by atoms with Crippen molar-refractivity contribution in [3.8, 4) is 0 Å². The summed E-state index contributed by atoms with van der Waals surface area (Å²) in [5.41, 5.74) is 6.43. The molecule has 0 bridgehead atoms. The van der Waals surface area contributed by atoms with Crippen molar-refractivity contribution in [2.75, 3.05) is 24.5 Å². The molecule has 0 aliphatic carbocycles. The zero-order valence-electron chi connectivity index (χ0n) is 19.5. The SMILES string of the molecule is CCNC(=NCc1cccnc1N1CCC(C(N)=O)CC1)NCc1ncc(C(C)(C)C)o1. The molecule has 9 nitrogen and oxygen atoms in total.